The number of piperidine rings is 1. The van der Waals surface area contributed by atoms with Crippen molar-refractivity contribution in [3.05, 3.63) is 47.1 Å². The third-order valence-corrected chi connectivity index (χ3v) is 5.60. The molecule has 5 heteroatoms. The highest BCUT2D eigenvalue weighted by Crippen LogP contribution is 2.29. The Balaban J connectivity index is 1.38. The van der Waals surface area contributed by atoms with Gasteiger partial charge in [-0.25, -0.2) is 4.39 Å². The number of hydrogen-bond acceptors (Lipinski definition) is 4. The largest absolute Gasteiger partial charge is 0.393 e. The molecule has 0 saturated carbocycles. The molecule has 3 rings (SSSR count). The first-order valence-electron chi connectivity index (χ1n) is 8.67. The molecule has 2 N–H and O–H groups in total. The Kier molecular flexibility index (Phi) is 6.37. The predicted molar refractivity (Wildman–Crippen MR) is 97.7 cm³/mol. The fourth-order valence-corrected chi connectivity index (χ4v) is 4.07. The van der Waals surface area contributed by atoms with Crippen LogP contribution in [0.3, 0.4) is 0 Å². The average Bonchev–Trinajstić information content (AvgIpc) is 3.05. The van der Waals surface area contributed by atoms with Crippen molar-refractivity contribution in [2.75, 3.05) is 26.2 Å². The maximum absolute atomic E-state index is 13.8. The Morgan fingerprint density at radius 3 is 2.75 bits per heavy atom. The van der Waals surface area contributed by atoms with Gasteiger partial charge in [0.05, 0.1) is 6.10 Å². The summed E-state index contributed by atoms with van der Waals surface area (Å²) < 4.78 is 13.8. The molecule has 0 aliphatic carbocycles. The van der Waals surface area contributed by atoms with Crippen LogP contribution in [-0.2, 0) is 6.54 Å². The van der Waals surface area contributed by atoms with E-state index in [-0.39, 0.29) is 11.9 Å². The first kappa shape index (κ1) is 17.5. The van der Waals surface area contributed by atoms with Gasteiger partial charge in [0.1, 0.15) is 5.82 Å². The van der Waals surface area contributed by atoms with E-state index >= 15 is 0 Å². The van der Waals surface area contributed by atoms with Crippen molar-refractivity contribution in [1.82, 2.24) is 10.2 Å². The van der Waals surface area contributed by atoms with Crippen molar-refractivity contribution in [2.24, 2.45) is 0 Å². The molecule has 1 aromatic heterocycles. The van der Waals surface area contributed by atoms with E-state index in [1.165, 1.54) is 10.9 Å². The van der Waals surface area contributed by atoms with Crippen molar-refractivity contribution < 1.29 is 9.50 Å². The number of halogens is 1. The Bertz CT molecular complexity index is 638. The Hall–Kier alpha value is -1.27. The SMILES string of the molecule is OC1CCN(CCCNCc2ccc(-c3ccccc3F)s2)CC1. The summed E-state index contributed by atoms with van der Waals surface area (Å²) in [6, 6.07) is 11.0. The monoisotopic (exact) mass is 348 g/mol. The zero-order valence-electron chi connectivity index (χ0n) is 13.9. The molecule has 1 aromatic carbocycles. The van der Waals surface area contributed by atoms with Crippen molar-refractivity contribution in [1.29, 1.82) is 0 Å². The molecule has 3 nitrogen and oxygen atoms in total. The second-order valence-corrected chi connectivity index (χ2v) is 7.52. The summed E-state index contributed by atoms with van der Waals surface area (Å²) >= 11 is 1.65. The molecule has 1 aliphatic heterocycles. The molecular formula is C19H25FN2OS. The van der Waals surface area contributed by atoms with Gasteiger partial charge < -0.3 is 15.3 Å². The van der Waals surface area contributed by atoms with E-state index < -0.39 is 0 Å². The molecule has 0 unspecified atom stereocenters. The molecule has 0 atom stereocenters. The van der Waals surface area contributed by atoms with Crippen LogP contribution in [0.4, 0.5) is 4.39 Å². The Morgan fingerprint density at radius 1 is 1.17 bits per heavy atom. The first-order valence-corrected chi connectivity index (χ1v) is 9.49. The number of aliphatic hydroxyl groups excluding tert-OH is 1. The zero-order chi connectivity index (χ0) is 16.8. The summed E-state index contributed by atoms with van der Waals surface area (Å²) in [4.78, 5) is 4.64. The van der Waals surface area contributed by atoms with Crippen LogP contribution in [0.1, 0.15) is 24.1 Å². The van der Waals surface area contributed by atoms with Gasteiger partial charge in [0.15, 0.2) is 0 Å². The van der Waals surface area contributed by atoms with Gasteiger partial charge in [-0.2, -0.15) is 0 Å². The van der Waals surface area contributed by atoms with E-state index in [9.17, 15) is 9.50 Å². The molecule has 0 spiro atoms. The fraction of sp³-hybridized carbons (Fsp3) is 0.474. The topological polar surface area (TPSA) is 35.5 Å². The second-order valence-electron chi connectivity index (χ2n) is 6.35. The quantitative estimate of drug-likeness (QED) is 0.752. The van der Waals surface area contributed by atoms with Crippen LogP contribution in [0.25, 0.3) is 10.4 Å². The van der Waals surface area contributed by atoms with Gasteiger partial charge in [-0.1, -0.05) is 18.2 Å². The van der Waals surface area contributed by atoms with Gasteiger partial charge in [0.25, 0.3) is 0 Å². The molecule has 2 heterocycles. The third-order valence-electron chi connectivity index (χ3n) is 4.49. The average molecular weight is 348 g/mol. The number of nitrogens with zero attached hydrogens (tertiary/aromatic N) is 1. The standard InChI is InChI=1S/C19H25FN2OS/c20-18-5-2-1-4-17(18)19-7-6-16(24-19)14-21-10-3-11-22-12-8-15(23)9-13-22/h1-2,4-7,15,21,23H,3,8-14H2. The maximum Gasteiger partial charge on any atom is 0.131 e. The van der Waals surface area contributed by atoms with Gasteiger partial charge in [0, 0.05) is 35.0 Å². The first-order chi connectivity index (χ1) is 11.7. The minimum atomic E-state index is -0.162. The summed E-state index contributed by atoms with van der Waals surface area (Å²) in [6.07, 6.45) is 2.83. The zero-order valence-corrected chi connectivity index (χ0v) is 14.7. The van der Waals surface area contributed by atoms with E-state index in [0.717, 1.165) is 56.9 Å². The molecule has 0 bridgehead atoms. The van der Waals surface area contributed by atoms with E-state index in [1.54, 1.807) is 17.4 Å². The highest BCUT2D eigenvalue weighted by atomic mass is 32.1. The van der Waals surface area contributed by atoms with Crippen LogP contribution < -0.4 is 5.32 Å². The van der Waals surface area contributed by atoms with Gasteiger partial charge in [-0.3, -0.25) is 0 Å². The predicted octanol–water partition coefficient (Wildman–Crippen LogP) is 3.49. The number of thiophene rings is 1. The van der Waals surface area contributed by atoms with E-state index in [4.69, 9.17) is 0 Å². The van der Waals surface area contributed by atoms with Crippen LogP contribution in [0.15, 0.2) is 36.4 Å². The molecule has 1 saturated heterocycles. The number of aliphatic hydroxyl groups is 1. The molecule has 24 heavy (non-hydrogen) atoms. The number of nitrogens with one attached hydrogen (secondary N) is 1. The van der Waals surface area contributed by atoms with Crippen LogP contribution in [-0.4, -0.2) is 42.3 Å². The highest BCUT2D eigenvalue weighted by molar-refractivity contribution is 7.15. The lowest BCUT2D eigenvalue weighted by Gasteiger charge is -2.29. The minimum absolute atomic E-state index is 0.0955. The van der Waals surface area contributed by atoms with E-state index in [1.807, 2.05) is 18.2 Å². The van der Waals surface area contributed by atoms with Crippen molar-refractivity contribution in [3.8, 4) is 10.4 Å². The molecule has 2 aromatic rings. The van der Waals surface area contributed by atoms with Crippen LogP contribution in [0, 0.1) is 5.82 Å². The molecule has 1 aliphatic rings. The van der Waals surface area contributed by atoms with Gasteiger partial charge in [0.2, 0.25) is 0 Å². The third kappa shape index (κ3) is 4.86. The van der Waals surface area contributed by atoms with Crippen molar-refractivity contribution in [2.45, 2.75) is 31.9 Å². The lowest BCUT2D eigenvalue weighted by Crippen LogP contribution is -2.37. The number of benzene rings is 1. The summed E-state index contributed by atoms with van der Waals surface area (Å²) in [7, 11) is 0. The van der Waals surface area contributed by atoms with Crippen LogP contribution in [0.5, 0.6) is 0 Å². The molecular weight excluding hydrogens is 323 g/mol. The lowest BCUT2D eigenvalue weighted by atomic mass is 10.1. The van der Waals surface area contributed by atoms with Gasteiger partial charge in [-0.05, 0) is 50.6 Å². The highest BCUT2D eigenvalue weighted by Gasteiger charge is 2.15. The van der Waals surface area contributed by atoms with E-state index in [0.29, 0.717) is 5.56 Å². The minimum Gasteiger partial charge on any atom is -0.393 e. The summed E-state index contributed by atoms with van der Waals surface area (Å²) in [6.45, 7) is 4.92. The molecule has 1 fully saturated rings. The number of likely N-dealkylation sites (tertiary alicyclic amines) is 1. The smallest absolute Gasteiger partial charge is 0.131 e. The number of rotatable bonds is 7. The normalized spacial score (nSPS) is 16.6. The van der Waals surface area contributed by atoms with E-state index in [2.05, 4.69) is 16.3 Å². The fourth-order valence-electron chi connectivity index (χ4n) is 3.06. The second kappa shape index (κ2) is 8.72. The summed E-state index contributed by atoms with van der Waals surface area (Å²) in [5.41, 5.74) is 0.682. The molecule has 0 amide bonds. The lowest BCUT2D eigenvalue weighted by molar-refractivity contribution is 0.0821. The van der Waals surface area contributed by atoms with Gasteiger partial charge >= 0.3 is 0 Å². The van der Waals surface area contributed by atoms with Gasteiger partial charge in [-0.15, -0.1) is 11.3 Å². The molecule has 130 valence electrons. The molecule has 0 radical (unpaired) electrons. The van der Waals surface area contributed by atoms with Crippen molar-refractivity contribution in [3.63, 3.8) is 0 Å². The Labute approximate surface area is 147 Å². The Morgan fingerprint density at radius 2 is 1.96 bits per heavy atom. The summed E-state index contributed by atoms with van der Waals surface area (Å²) in [5.74, 6) is -0.162. The summed E-state index contributed by atoms with van der Waals surface area (Å²) in [5, 5.41) is 13.0. The number of hydrogen-bond donors (Lipinski definition) is 2. The van der Waals surface area contributed by atoms with Crippen LogP contribution >= 0.6 is 11.3 Å². The maximum atomic E-state index is 13.8. The van der Waals surface area contributed by atoms with Crippen molar-refractivity contribution >= 4 is 11.3 Å². The van der Waals surface area contributed by atoms with Crippen LogP contribution in [0.2, 0.25) is 0 Å².